The normalized spacial score (nSPS) is 11.9. The van der Waals surface area contributed by atoms with Gasteiger partial charge in [-0.3, -0.25) is 4.79 Å². The Morgan fingerprint density at radius 2 is 2.07 bits per heavy atom. The van der Waals surface area contributed by atoms with Gasteiger partial charge in [0.15, 0.2) is 17.1 Å². The maximum atomic E-state index is 13.4. The molecule has 1 amide bonds. The van der Waals surface area contributed by atoms with E-state index in [0.29, 0.717) is 34.0 Å². The number of hydrogen-bond donors (Lipinski definition) is 1. The summed E-state index contributed by atoms with van der Waals surface area (Å²) >= 11 is 7.43. The third kappa shape index (κ3) is 5.31. The number of aryl methyl sites for hydroxylation is 1. The molecule has 9 heteroatoms. The monoisotopic (exact) mass is 448 g/mol. The van der Waals surface area contributed by atoms with Crippen molar-refractivity contribution in [2.75, 3.05) is 11.1 Å². The number of carbonyl (C=O) groups excluding carboxylic acids is 1. The van der Waals surface area contributed by atoms with Crippen molar-refractivity contribution in [2.45, 2.75) is 38.6 Å². The summed E-state index contributed by atoms with van der Waals surface area (Å²) in [5.74, 6) is 0.679. The molecule has 0 spiro atoms. The van der Waals surface area contributed by atoms with Crippen LogP contribution in [0.4, 0.5) is 10.1 Å². The van der Waals surface area contributed by atoms with Gasteiger partial charge in [-0.1, -0.05) is 41.6 Å². The number of nitrogens with one attached hydrogen (secondary N) is 1. The van der Waals surface area contributed by atoms with Crippen molar-refractivity contribution in [1.82, 2.24) is 14.8 Å². The number of amides is 1. The van der Waals surface area contributed by atoms with Gasteiger partial charge in [-0.2, -0.15) is 0 Å². The number of benzene rings is 2. The summed E-state index contributed by atoms with van der Waals surface area (Å²) in [6.07, 6.45) is -0.379. The quantitative estimate of drug-likeness (QED) is 0.475. The van der Waals surface area contributed by atoms with E-state index in [1.165, 1.54) is 23.9 Å². The highest BCUT2D eigenvalue weighted by atomic mass is 35.5. The van der Waals surface area contributed by atoms with E-state index < -0.39 is 5.82 Å². The predicted molar refractivity (Wildman–Crippen MR) is 117 cm³/mol. The van der Waals surface area contributed by atoms with Crippen LogP contribution in [0.25, 0.3) is 0 Å². The summed E-state index contributed by atoms with van der Waals surface area (Å²) in [6.45, 7) is 6.26. The Morgan fingerprint density at radius 1 is 1.30 bits per heavy atom. The highest BCUT2D eigenvalue weighted by Gasteiger charge is 2.20. The SMILES string of the molecule is CCn1c(SCC(=O)Nc2cc(F)ccc2C)nnc1[C@H](C)Oc1ccccc1Cl. The third-order valence-corrected chi connectivity index (χ3v) is 5.65. The van der Waals surface area contributed by atoms with Crippen molar-refractivity contribution in [3.8, 4) is 5.75 Å². The molecular formula is C21H22ClFN4O2S. The Labute approximate surface area is 183 Å². The van der Waals surface area contributed by atoms with Crippen LogP contribution in [0.15, 0.2) is 47.6 Å². The first kappa shape index (κ1) is 22.1. The minimum Gasteiger partial charge on any atom is -0.481 e. The van der Waals surface area contributed by atoms with Gasteiger partial charge in [0.25, 0.3) is 0 Å². The fourth-order valence-electron chi connectivity index (χ4n) is 2.83. The van der Waals surface area contributed by atoms with Gasteiger partial charge < -0.3 is 14.6 Å². The van der Waals surface area contributed by atoms with Gasteiger partial charge in [0.2, 0.25) is 5.91 Å². The van der Waals surface area contributed by atoms with Gasteiger partial charge in [-0.25, -0.2) is 4.39 Å². The molecule has 1 heterocycles. The number of hydrogen-bond acceptors (Lipinski definition) is 5. The van der Waals surface area contributed by atoms with Gasteiger partial charge >= 0.3 is 0 Å². The minimum absolute atomic E-state index is 0.119. The van der Waals surface area contributed by atoms with Crippen LogP contribution < -0.4 is 10.1 Å². The molecule has 6 nitrogen and oxygen atoms in total. The van der Waals surface area contributed by atoms with Crippen LogP contribution in [0.5, 0.6) is 5.75 Å². The molecule has 0 fully saturated rings. The van der Waals surface area contributed by atoms with E-state index in [2.05, 4.69) is 15.5 Å². The van der Waals surface area contributed by atoms with E-state index in [4.69, 9.17) is 16.3 Å². The molecule has 3 rings (SSSR count). The second-order valence-corrected chi connectivity index (χ2v) is 7.92. The summed E-state index contributed by atoms with van der Waals surface area (Å²) < 4.78 is 21.2. The third-order valence-electron chi connectivity index (χ3n) is 4.37. The van der Waals surface area contributed by atoms with Gasteiger partial charge in [0, 0.05) is 12.2 Å². The number of anilines is 1. The van der Waals surface area contributed by atoms with E-state index in [9.17, 15) is 9.18 Å². The van der Waals surface area contributed by atoms with Gasteiger partial charge in [-0.05, 0) is 50.6 Å². The Hall–Kier alpha value is -2.58. The molecule has 0 bridgehead atoms. The first-order chi connectivity index (χ1) is 14.4. The number of nitrogens with zero attached hydrogens (tertiary/aromatic N) is 3. The van der Waals surface area contributed by atoms with E-state index >= 15 is 0 Å². The summed E-state index contributed by atoms with van der Waals surface area (Å²) in [4.78, 5) is 12.3. The lowest BCUT2D eigenvalue weighted by molar-refractivity contribution is -0.113. The lowest BCUT2D eigenvalue weighted by atomic mass is 10.2. The zero-order chi connectivity index (χ0) is 21.7. The lowest BCUT2D eigenvalue weighted by Crippen LogP contribution is -2.16. The van der Waals surface area contributed by atoms with Crippen LogP contribution in [0.1, 0.15) is 31.3 Å². The second kappa shape index (κ2) is 9.95. The van der Waals surface area contributed by atoms with E-state index in [-0.39, 0.29) is 17.8 Å². The van der Waals surface area contributed by atoms with Crippen molar-refractivity contribution in [3.05, 3.63) is 64.7 Å². The maximum Gasteiger partial charge on any atom is 0.234 e. The van der Waals surface area contributed by atoms with Gasteiger partial charge in [-0.15, -0.1) is 10.2 Å². The fraction of sp³-hybridized carbons (Fsp3) is 0.286. The number of rotatable bonds is 8. The lowest BCUT2D eigenvalue weighted by Gasteiger charge is -2.16. The first-order valence-electron chi connectivity index (χ1n) is 9.42. The Kier molecular flexibility index (Phi) is 7.33. The fourth-order valence-corrected chi connectivity index (χ4v) is 3.82. The largest absolute Gasteiger partial charge is 0.481 e. The number of carbonyl (C=O) groups is 1. The summed E-state index contributed by atoms with van der Waals surface area (Å²) in [6, 6.07) is 11.5. The highest BCUT2D eigenvalue weighted by molar-refractivity contribution is 7.99. The predicted octanol–water partition coefficient (Wildman–Crippen LogP) is 5.27. The standard InChI is InChI=1S/C21H22ClFN4O2S/c1-4-27-20(14(3)29-18-8-6-5-7-16(18)22)25-26-21(27)30-12-19(28)24-17-11-15(23)10-9-13(17)2/h5-11,14H,4,12H2,1-3H3,(H,24,28)/t14-/m0/s1. The second-order valence-electron chi connectivity index (χ2n) is 6.57. The Bertz CT molecular complexity index is 1040. The molecule has 0 radical (unpaired) electrons. The summed E-state index contributed by atoms with van der Waals surface area (Å²) in [5, 5.41) is 12.3. The molecule has 0 saturated heterocycles. The van der Waals surface area contributed by atoms with Crippen LogP contribution in [0.2, 0.25) is 5.02 Å². The van der Waals surface area contributed by atoms with Crippen molar-refractivity contribution in [3.63, 3.8) is 0 Å². The van der Waals surface area contributed by atoms with Gasteiger partial charge in [0.1, 0.15) is 11.6 Å². The van der Waals surface area contributed by atoms with E-state index in [1.54, 1.807) is 18.2 Å². The van der Waals surface area contributed by atoms with Crippen LogP contribution in [0, 0.1) is 12.7 Å². The summed E-state index contributed by atoms with van der Waals surface area (Å²) in [7, 11) is 0. The topological polar surface area (TPSA) is 69.0 Å². The molecule has 0 saturated carbocycles. The van der Waals surface area contributed by atoms with Crippen LogP contribution >= 0.6 is 23.4 Å². The average molecular weight is 449 g/mol. The molecular weight excluding hydrogens is 427 g/mol. The van der Waals surface area contributed by atoms with Crippen molar-refractivity contribution < 1.29 is 13.9 Å². The van der Waals surface area contributed by atoms with Crippen LogP contribution in [-0.4, -0.2) is 26.4 Å². The Morgan fingerprint density at radius 3 is 2.80 bits per heavy atom. The molecule has 3 aromatic rings. The molecule has 1 aromatic heterocycles. The first-order valence-corrected chi connectivity index (χ1v) is 10.8. The molecule has 30 heavy (non-hydrogen) atoms. The smallest absolute Gasteiger partial charge is 0.234 e. The average Bonchev–Trinajstić information content (AvgIpc) is 3.14. The number of ether oxygens (including phenoxy) is 1. The number of halogens is 2. The number of aromatic nitrogens is 3. The van der Waals surface area contributed by atoms with Crippen LogP contribution in [-0.2, 0) is 11.3 Å². The Balaban J connectivity index is 1.66. The molecule has 0 aliphatic rings. The maximum absolute atomic E-state index is 13.4. The van der Waals surface area contributed by atoms with Gasteiger partial charge in [0.05, 0.1) is 10.8 Å². The molecule has 1 atom stereocenters. The van der Waals surface area contributed by atoms with Crippen molar-refractivity contribution in [2.24, 2.45) is 0 Å². The molecule has 158 valence electrons. The molecule has 0 aliphatic heterocycles. The van der Waals surface area contributed by atoms with E-state index in [0.717, 1.165) is 5.56 Å². The molecule has 2 aromatic carbocycles. The van der Waals surface area contributed by atoms with Crippen molar-refractivity contribution >= 4 is 35.0 Å². The zero-order valence-corrected chi connectivity index (χ0v) is 18.4. The van der Waals surface area contributed by atoms with E-state index in [1.807, 2.05) is 37.5 Å². The van der Waals surface area contributed by atoms with Crippen molar-refractivity contribution in [1.29, 1.82) is 0 Å². The minimum atomic E-state index is -0.397. The zero-order valence-electron chi connectivity index (χ0n) is 16.9. The molecule has 0 aliphatic carbocycles. The number of para-hydroxylation sites is 1. The molecule has 1 N–H and O–H groups in total. The summed E-state index contributed by atoms with van der Waals surface area (Å²) in [5.41, 5.74) is 1.25. The molecule has 0 unspecified atom stereocenters. The highest BCUT2D eigenvalue weighted by Crippen LogP contribution is 2.29. The van der Waals surface area contributed by atoms with Crippen LogP contribution in [0.3, 0.4) is 0 Å². The number of thioether (sulfide) groups is 1.